The molecule has 3 aromatic carbocycles. The van der Waals surface area contributed by atoms with Crippen molar-refractivity contribution >= 4 is 23.5 Å². The average Bonchev–Trinajstić information content (AvgIpc) is 2.73. The first kappa shape index (κ1) is 21.5. The highest BCUT2D eigenvalue weighted by molar-refractivity contribution is 6.31. The molecule has 4 nitrogen and oxygen atoms in total. The Morgan fingerprint density at radius 2 is 1.73 bits per heavy atom. The van der Waals surface area contributed by atoms with Gasteiger partial charge >= 0.3 is 6.18 Å². The molecule has 0 radical (unpaired) electrons. The molecule has 30 heavy (non-hydrogen) atoms. The van der Waals surface area contributed by atoms with Crippen LogP contribution in [0.25, 0.3) is 0 Å². The molecule has 0 aliphatic carbocycles. The van der Waals surface area contributed by atoms with Crippen LogP contribution >= 0.6 is 11.6 Å². The highest BCUT2D eigenvalue weighted by Gasteiger charge is 2.29. The third kappa shape index (κ3) is 5.67. The molecule has 0 saturated heterocycles. The van der Waals surface area contributed by atoms with Gasteiger partial charge in [-0.1, -0.05) is 29.8 Å². The summed E-state index contributed by atoms with van der Waals surface area (Å²) in [6.07, 6.45) is -2.84. The Morgan fingerprint density at radius 3 is 2.40 bits per heavy atom. The van der Waals surface area contributed by atoms with E-state index in [0.29, 0.717) is 27.8 Å². The normalized spacial score (nSPS) is 11.5. The van der Waals surface area contributed by atoms with E-state index in [4.69, 9.17) is 21.1 Å². The molecule has 0 spiro atoms. The maximum atomic E-state index is 12.6. The van der Waals surface area contributed by atoms with Gasteiger partial charge in [-0.25, -0.2) is 0 Å². The molecule has 0 aliphatic heterocycles. The third-order valence-electron chi connectivity index (χ3n) is 4.15. The minimum absolute atomic E-state index is 0.264. The van der Waals surface area contributed by atoms with Crippen LogP contribution in [0, 0.1) is 0 Å². The van der Waals surface area contributed by atoms with Gasteiger partial charge in [0.25, 0.3) is 0 Å². The lowest BCUT2D eigenvalue weighted by atomic mass is 10.2. The summed E-state index contributed by atoms with van der Waals surface area (Å²) in [6, 6.07) is 17.2. The second kappa shape index (κ2) is 9.54. The molecule has 0 heterocycles. The summed E-state index contributed by atoms with van der Waals surface area (Å²) in [4.78, 5) is 0. The van der Waals surface area contributed by atoms with Gasteiger partial charge in [-0.15, -0.1) is 0 Å². The Balaban J connectivity index is 1.67. The number of anilines is 1. The van der Waals surface area contributed by atoms with Crippen LogP contribution in [-0.2, 0) is 12.8 Å². The number of methoxy groups -OCH3 is 1. The summed E-state index contributed by atoms with van der Waals surface area (Å²) in [5.41, 5.74) is 3.97. The Kier molecular flexibility index (Phi) is 6.84. The average molecular weight is 435 g/mol. The zero-order chi connectivity index (χ0) is 21.6. The van der Waals surface area contributed by atoms with Crippen molar-refractivity contribution in [1.82, 2.24) is 0 Å². The number of benzene rings is 3. The van der Waals surface area contributed by atoms with Crippen LogP contribution in [0.15, 0.2) is 71.8 Å². The van der Waals surface area contributed by atoms with Crippen LogP contribution in [0.5, 0.6) is 11.5 Å². The molecule has 0 unspecified atom stereocenters. The molecule has 0 aliphatic rings. The number of hydrogen-bond acceptors (Lipinski definition) is 4. The molecule has 0 fully saturated rings. The fourth-order valence-corrected chi connectivity index (χ4v) is 2.76. The van der Waals surface area contributed by atoms with E-state index in [1.54, 1.807) is 24.3 Å². The maximum Gasteiger partial charge on any atom is 0.416 e. The number of hydrazone groups is 1. The first-order valence-electron chi connectivity index (χ1n) is 8.87. The van der Waals surface area contributed by atoms with E-state index in [-0.39, 0.29) is 6.61 Å². The number of halogens is 4. The van der Waals surface area contributed by atoms with Crippen molar-refractivity contribution in [1.29, 1.82) is 0 Å². The predicted molar refractivity (Wildman–Crippen MR) is 111 cm³/mol. The van der Waals surface area contributed by atoms with E-state index in [2.05, 4.69) is 10.5 Å². The van der Waals surface area contributed by atoms with Crippen molar-refractivity contribution in [3.8, 4) is 11.5 Å². The highest BCUT2D eigenvalue weighted by atomic mass is 35.5. The lowest BCUT2D eigenvalue weighted by Gasteiger charge is -2.12. The molecule has 1 N–H and O–H groups in total. The second-order valence-electron chi connectivity index (χ2n) is 6.24. The molecule has 0 saturated carbocycles. The van der Waals surface area contributed by atoms with Crippen LogP contribution in [-0.4, -0.2) is 13.3 Å². The summed E-state index contributed by atoms with van der Waals surface area (Å²) in [7, 11) is 1.54. The van der Waals surface area contributed by atoms with E-state index in [1.807, 2.05) is 18.2 Å². The summed E-state index contributed by atoms with van der Waals surface area (Å²) in [6.45, 7) is 0.264. The van der Waals surface area contributed by atoms with Crippen LogP contribution < -0.4 is 14.9 Å². The lowest BCUT2D eigenvalue weighted by Crippen LogP contribution is -2.04. The molecule has 0 amide bonds. The fraction of sp³-hybridized carbons (Fsp3) is 0.136. The molecular formula is C22H18ClF3N2O2. The summed E-state index contributed by atoms with van der Waals surface area (Å²) >= 11 is 6.15. The van der Waals surface area contributed by atoms with Gasteiger partial charge in [-0.2, -0.15) is 18.3 Å². The van der Waals surface area contributed by atoms with Gasteiger partial charge in [0.1, 0.15) is 6.61 Å². The van der Waals surface area contributed by atoms with E-state index >= 15 is 0 Å². The number of rotatable bonds is 7. The molecule has 3 aromatic rings. The zero-order valence-electron chi connectivity index (χ0n) is 15.9. The van der Waals surface area contributed by atoms with Gasteiger partial charge < -0.3 is 9.47 Å². The fourth-order valence-electron chi connectivity index (χ4n) is 2.57. The van der Waals surface area contributed by atoms with Crippen LogP contribution in [0.3, 0.4) is 0 Å². The van der Waals surface area contributed by atoms with E-state index in [1.165, 1.54) is 25.5 Å². The first-order chi connectivity index (χ1) is 14.4. The quantitative estimate of drug-likeness (QED) is 0.346. The molecule has 0 atom stereocenters. The summed E-state index contributed by atoms with van der Waals surface area (Å²) < 4.78 is 49.0. The smallest absolute Gasteiger partial charge is 0.416 e. The largest absolute Gasteiger partial charge is 0.493 e. The second-order valence-corrected chi connectivity index (χ2v) is 6.64. The Morgan fingerprint density at radius 1 is 1.00 bits per heavy atom. The molecule has 156 valence electrons. The van der Waals surface area contributed by atoms with Gasteiger partial charge in [0, 0.05) is 10.6 Å². The zero-order valence-corrected chi connectivity index (χ0v) is 16.7. The van der Waals surface area contributed by atoms with Crippen molar-refractivity contribution in [2.45, 2.75) is 12.8 Å². The van der Waals surface area contributed by atoms with Crippen LogP contribution in [0.4, 0.5) is 18.9 Å². The molecule has 8 heteroatoms. The molecule has 3 rings (SSSR count). The highest BCUT2D eigenvalue weighted by Crippen LogP contribution is 2.30. The van der Waals surface area contributed by atoms with Crippen molar-refractivity contribution < 1.29 is 22.6 Å². The minimum Gasteiger partial charge on any atom is -0.493 e. The van der Waals surface area contributed by atoms with Crippen molar-refractivity contribution in [3.05, 3.63) is 88.4 Å². The Hall–Kier alpha value is -3.19. The molecule has 0 aromatic heterocycles. The first-order valence-corrected chi connectivity index (χ1v) is 9.25. The number of hydrogen-bond donors (Lipinski definition) is 1. The van der Waals surface area contributed by atoms with Gasteiger partial charge in [-0.3, -0.25) is 5.43 Å². The molecule has 0 bridgehead atoms. The van der Waals surface area contributed by atoms with Crippen LogP contribution in [0.1, 0.15) is 16.7 Å². The van der Waals surface area contributed by atoms with E-state index in [9.17, 15) is 13.2 Å². The number of nitrogens with one attached hydrogen (secondary N) is 1. The van der Waals surface area contributed by atoms with Crippen molar-refractivity contribution in [3.63, 3.8) is 0 Å². The maximum absolute atomic E-state index is 12.6. The minimum atomic E-state index is -4.37. The number of alkyl halides is 3. The van der Waals surface area contributed by atoms with E-state index in [0.717, 1.165) is 17.7 Å². The Bertz CT molecular complexity index is 1020. The van der Waals surface area contributed by atoms with E-state index < -0.39 is 11.7 Å². The third-order valence-corrected chi connectivity index (χ3v) is 4.52. The SMILES string of the molecule is COc1ccc(C=NNc2ccc(C(F)(F)F)cc2)cc1OCc1ccccc1Cl. The number of nitrogens with zero attached hydrogens (tertiary/aromatic N) is 1. The number of ether oxygens (including phenoxy) is 2. The van der Waals surface area contributed by atoms with Gasteiger partial charge in [-0.05, 0) is 54.1 Å². The van der Waals surface area contributed by atoms with Gasteiger partial charge in [0.15, 0.2) is 11.5 Å². The van der Waals surface area contributed by atoms with Crippen molar-refractivity contribution in [2.75, 3.05) is 12.5 Å². The summed E-state index contributed by atoms with van der Waals surface area (Å²) in [5.74, 6) is 1.06. The summed E-state index contributed by atoms with van der Waals surface area (Å²) in [5, 5.41) is 4.67. The van der Waals surface area contributed by atoms with Gasteiger partial charge in [0.05, 0.1) is 24.6 Å². The molecular weight excluding hydrogens is 417 g/mol. The van der Waals surface area contributed by atoms with Crippen molar-refractivity contribution in [2.24, 2.45) is 5.10 Å². The lowest BCUT2D eigenvalue weighted by molar-refractivity contribution is -0.137. The van der Waals surface area contributed by atoms with Gasteiger partial charge in [0.2, 0.25) is 0 Å². The monoisotopic (exact) mass is 434 g/mol. The Labute approximate surface area is 176 Å². The topological polar surface area (TPSA) is 42.8 Å². The standard InChI is InChI=1S/C22H18ClF3N2O2/c1-29-20-11-6-15(12-21(20)30-14-16-4-2-3-5-19(16)23)13-27-28-18-9-7-17(8-10-18)22(24,25)26/h2-13,28H,14H2,1H3. The predicted octanol–water partition coefficient (Wildman–Crippen LogP) is 6.39. The van der Waals surface area contributed by atoms with Crippen LogP contribution in [0.2, 0.25) is 5.02 Å².